The molecule has 0 unspecified atom stereocenters. The molecule has 0 radical (unpaired) electrons. The molecule has 4 heteroatoms. The van der Waals surface area contributed by atoms with Crippen molar-refractivity contribution in [2.24, 2.45) is 11.8 Å². The van der Waals surface area contributed by atoms with Crippen molar-refractivity contribution in [3.05, 3.63) is 12.2 Å². The molecule has 0 bridgehead atoms. The molecule has 1 heterocycles. The summed E-state index contributed by atoms with van der Waals surface area (Å²) in [6, 6.07) is 0. The van der Waals surface area contributed by atoms with Crippen molar-refractivity contribution in [2.45, 2.75) is 12.2 Å². The summed E-state index contributed by atoms with van der Waals surface area (Å²) in [5.74, 6) is -1.35. The van der Waals surface area contributed by atoms with Gasteiger partial charge in [0.15, 0.2) is 5.79 Å². The van der Waals surface area contributed by atoms with Gasteiger partial charge in [0.2, 0.25) is 0 Å². The second-order valence-electron chi connectivity index (χ2n) is 3.55. The van der Waals surface area contributed by atoms with E-state index in [0.717, 1.165) is 6.42 Å². The summed E-state index contributed by atoms with van der Waals surface area (Å²) < 4.78 is 15.7. The highest BCUT2D eigenvalue weighted by Gasteiger charge is 2.55. The Labute approximate surface area is 82.8 Å². The Morgan fingerprint density at radius 1 is 1.50 bits per heavy atom. The summed E-state index contributed by atoms with van der Waals surface area (Å²) in [6.07, 6.45) is 4.70. The fourth-order valence-corrected chi connectivity index (χ4v) is 2.29. The summed E-state index contributed by atoms with van der Waals surface area (Å²) in [5.41, 5.74) is 0. The lowest BCUT2D eigenvalue weighted by Crippen LogP contribution is -2.44. The van der Waals surface area contributed by atoms with Crippen molar-refractivity contribution >= 4 is 5.97 Å². The first kappa shape index (κ1) is 9.68. The van der Waals surface area contributed by atoms with E-state index in [0.29, 0.717) is 6.61 Å². The van der Waals surface area contributed by atoms with Crippen LogP contribution in [0.2, 0.25) is 0 Å². The molecule has 0 N–H and O–H groups in total. The Morgan fingerprint density at radius 2 is 2.29 bits per heavy atom. The van der Waals surface area contributed by atoms with Gasteiger partial charge in [-0.1, -0.05) is 12.2 Å². The van der Waals surface area contributed by atoms with Gasteiger partial charge in [-0.25, -0.2) is 0 Å². The number of ether oxygens (including phenoxy) is 3. The molecule has 4 nitrogen and oxygen atoms in total. The molecule has 2 rings (SSSR count). The molecule has 3 atom stereocenters. The Kier molecular flexibility index (Phi) is 2.33. The van der Waals surface area contributed by atoms with Gasteiger partial charge < -0.3 is 14.2 Å². The third-order valence-electron chi connectivity index (χ3n) is 3.02. The van der Waals surface area contributed by atoms with Crippen LogP contribution < -0.4 is 0 Å². The molecule has 0 aromatic carbocycles. The molecule has 1 fully saturated rings. The predicted molar refractivity (Wildman–Crippen MR) is 48.4 cm³/mol. The number of methoxy groups -OCH3 is 2. The fourth-order valence-electron chi connectivity index (χ4n) is 2.29. The van der Waals surface area contributed by atoms with Crippen molar-refractivity contribution in [3.63, 3.8) is 0 Å². The molecule has 0 spiro atoms. The summed E-state index contributed by atoms with van der Waals surface area (Å²) in [6.45, 7) is 0.635. The van der Waals surface area contributed by atoms with E-state index in [1.54, 1.807) is 7.11 Å². The highest BCUT2D eigenvalue weighted by Crippen LogP contribution is 2.45. The summed E-state index contributed by atoms with van der Waals surface area (Å²) >= 11 is 0. The SMILES string of the molecule is COC(=O)[C@H]1C=C[C@@H]2CCO[C@@]21OC. The zero-order valence-corrected chi connectivity index (χ0v) is 8.36. The van der Waals surface area contributed by atoms with Gasteiger partial charge in [-0.2, -0.15) is 0 Å². The number of rotatable bonds is 2. The largest absolute Gasteiger partial charge is 0.468 e. The maximum absolute atomic E-state index is 11.5. The molecule has 0 saturated carbocycles. The van der Waals surface area contributed by atoms with Crippen LogP contribution in [0.3, 0.4) is 0 Å². The molecule has 78 valence electrons. The van der Waals surface area contributed by atoms with Crippen LogP contribution in [0.25, 0.3) is 0 Å². The summed E-state index contributed by atoms with van der Waals surface area (Å²) in [7, 11) is 2.95. The van der Waals surface area contributed by atoms with Crippen molar-refractivity contribution < 1.29 is 19.0 Å². The minimum Gasteiger partial charge on any atom is -0.468 e. The maximum atomic E-state index is 11.5. The average molecular weight is 198 g/mol. The molecule has 14 heavy (non-hydrogen) atoms. The van der Waals surface area contributed by atoms with Gasteiger partial charge in [-0.05, 0) is 6.42 Å². The van der Waals surface area contributed by atoms with E-state index >= 15 is 0 Å². The number of hydrogen-bond acceptors (Lipinski definition) is 4. The quantitative estimate of drug-likeness (QED) is 0.484. The van der Waals surface area contributed by atoms with E-state index in [2.05, 4.69) is 0 Å². The Balaban J connectivity index is 2.26. The number of hydrogen-bond donors (Lipinski definition) is 0. The predicted octanol–water partition coefficient (Wildman–Crippen LogP) is 0.725. The average Bonchev–Trinajstić information content (AvgIpc) is 2.73. The van der Waals surface area contributed by atoms with Crippen LogP contribution in [0.15, 0.2) is 12.2 Å². The van der Waals surface area contributed by atoms with Crippen molar-refractivity contribution in [2.75, 3.05) is 20.8 Å². The van der Waals surface area contributed by atoms with Crippen LogP contribution >= 0.6 is 0 Å². The van der Waals surface area contributed by atoms with Crippen LogP contribution in [0.5, 0.6) is 0 Å². The first-order valence-corrected chi connectivity index (χ1v) is 4.70. The number of fused-ring (bicyclic) bond motifs is 1. The van der Waals surface area contributed by atoms with E-state index in [1.807, 2.05) is 12.2 Å². The van der Waals surface area contributed by atoms with Gasteiger partial charge in [-0.3, -0.25) is 4.79 Å². The van der Waals surface area contributed by atoms with E-state index in [4.69, 9.17) is 14.2 Å². The number of esters is 1. The summed E-state index contributed by atoms with van der Waals surface area (Å²) in [4.78, 5) is 11.5. The van der Waals surface area contributed by atoms with E-state index in [-0.39, 0.29) is 11.9 Å². The first-order valence-electron chi connectivity index (χ1n) is 4.70. The normalized spacial score (nSPS) is 39.9. The van der Waals surface area contributed by atoms with Crippen molar-refractivity contribution in [1.29, 1.82) is 0 Å². The molecule has 0 aromatic heterocycles. The Hall–Kier alpha value is -0.870. The van der Waals surface area contributed by atoms with E-state index in [9.17, 15) is 4.79 Å². The standard InChI is InChI=1S/C10H14O4/c1-12-9(11)8-4-3-7-5-6-14-10(7,8)13-2/h3-4,7-8H,5-6H2,1-2H3/t7-,8-,10+/m1/s1. The van der Waals surface area contributed by atoms with Crippen LogP contribution in [-0.2, 0) is 19.0 Å². The Bertz CT molecular complexity index is 273. The van der Waals surface area contributed by atoms with Gasteiger partial charge in [-0.15, -0.1) is 0 Å². The van der Waals surface area contributed by atoms with E-state index in [1.165, 1.54) is 7.11 Å². The van der Waals surface area contributed by atoms with Crippen molar-refractivity contribution in [3.8, 4) is 0 Å². The molecule has 1 saturated heterocycles. The van der Waals surface area contributed by atoms with Crippen LogP contribution in [0, 0.1) is 11.8 Å². The number of carbonyl (C=O) groups is 1. The van der Waals surface area contributed by atoms with Gasteiger partial charge in [0, 0.05) is 13.0 Å². The smallest absolute Gasteiger partial charge is 0.318 e. The lowest BCUT2D eigenvalue weighted by molar-refractivity contribution is -0.230. The van der Waals surface area contributed by atoms with Gasteiger partial charge in [0.25, 0.3) is 0 Å². The fraction of sp³-hybridized carbons (Fsp3) is 0.700. The van der Waals surface area contributed by atoms with Gasteiger partial charge in [0.05, 0.1) is 13.7 Å². The molecule has 0 aromatic rings. The second-order valence-corrected chi connectivity index (χ2v) is 3.55. The van der Waals surface area contributed by atoms with Gasteiger partial charge >= 0.3 is 5.97 Å². The number of carbonyl (C=O) groups excluding carboxylic acids is 1. The maximum Gasteiger partial charge on any atom is 0.318 e. The zero-order valence-electron chi connectivity index (χ0n) is 8.36. The Morgan fingerprint density at radius 3 is 2.93 bits per heavy atom. The van der Waals surface area contributed by atoms with E-state index < -0.39 is 11.7 Å². The lowest BCUT2D eigenvalue weighted by atomic mass is 9.94. The van der Waals surface area contributed by atoms with Crippen LogP contribution in [-0.4, -0.2) is 32.6 Å². The monoisotopic (exact) mass is 198 g/mol. The highest BCUT2D eigenvalue weighted by molar-refractivity contribution is 5.76. The third-order valence-corrected chi connectivity index (χ3v) is 3.02. The molecule has 0 amide bonds. The topological polar surface area (TPSA) is 44.8 Å². The second kappa shape index (κ2) is 3.37. The van der Waals surface area contributed by atoms with Crippen LogP contribution in [0.1, 0.15) is 6.42 Å². The third kappa shape index (κ3) is 1.11. The summed E-state index contributed by atoms with van der Waals surface area (Å²) in [5, 5.41) is 0. The van der Waals surface area contributed by atoms with Gasteiger partial charge in [0.1, 0.15) is 5.92 Å². The molecule has 2 aliphatic rings. The lowest BCUT2D eigenvalue weighted by Gasteiger charge is -2.31. The molecule has 1 aliphatic carbocycles. The first-order chi connectivity index (χ1) is 6.74. The highest BCUT2D eigenvalue weighted by atomic mass is 16.7. The molecule has 1 aliphatic heterocycles. The minimum atomic E-state index is -0.799. The minimum absolute atomic E-state index is 0.177. The van der Waals surface area contributed by atoms with Crippen molar-refractivity contribution in [1.82, 2.24) is 0 Å². The molecular formula is C10H14O4. The van der Waals surface area contributed by atoms with Crippen LogP contribution in [0.4, 0.5) is 0 Å². The zero-order chi connectivity index (χ0) is 10.2. The molecular weight excluding hydrogens is 184 g/mol.